The summed E-state index contributed by atoms with van der Waals surface area (Å²) in [5.41, 5.74) is 78.1. The fourth-order valence-electron chi connectivity index (χ4n) is 142. The summed E-state index contributed by atoms with van der Waals surface area (Å²) < 4.78 is 0. The predicted molar refractivity (Wildman–Crippen MR) is 352 cm³/mol. The van der Waals surface area contributed by atoms with Gasteiger partial charge in [-0.2, -0.15) is 0 Å². The Balaban J connectivity index is 0.502. The van der Waals surface area contributed by atoms with Gasteiger partial charge in [-0.15, -0.1) is 0 Å². The van der Waals surface area contributed by atoms with Crippen molar-refractivity contribution >= 4 is 0 Å². The molecule has 506 valence electrons. The van der Waals surface area contributed by atoms with Gasteiger partial charge in [0.15, 0.2) is 0 Å². The summed E-state index contributed by atoms with van der Waals surface area (Å²) in [6, 6.07) is 0. The lowest BCUT2D eigenvalue weighted by Gasteiger charge is -3.78. The van der Waals surface area contributed by atoms with E-state index in [0.717, 1.165) is 271 Å². The first-order valence-corrected chi connectivity index (χ1v) is 56.8. The highest BCUT2D eigenvalue weighted by atomic mass is 15.9. The minimum Gasteiger partial charge on any atom is -0.0458 e. The van der Waals surface area contributed by atoms with Gasteiger partial charge in [0.25, 0.3) is 0 Å². The van der Waals surface area contributed by atoms with Crippen LogP contribution in [-0.2, 0) is 0 Å². The van der Waals surface area contributed by atoms with Crippen LogP contribution in [0.25, 0.3) is 0 Å². The van der Waals surface area contributed by atoms with Gasteiger partial charge in [-0.25, -0.2) is 0 Å². The number of rotatable bonds is 0. The molecule has 90 aliphatic carbocycles. The molecule has 0 heterocycles. The highest BCUT2D eigenvalue weighted by Gasteiger charge is 3.86. The molecule has 90 rings (SSSR count). The molecule has 0 bridgehead atoms. The normalized spacial score (nSPS) is 155. The second kappa shape index (κ2) is 4.90. The SMILES string of the molecule is C1C2C3C4C5CC6C7C8C9C%10C%11C%12C%13C%14C%15C%16C%17C%18C%19C%20C%21C%22CC%23C%24C%25C%26CC%27C%28C%29C%30C%31C%32C%33C%34C%35C%36C%37C%38C%39C%40C%41C%42C1C21C32C43C56C74C85C96C%107C%118C%129C%13%10C%14%11C%15%12C%16%13C%17%14C%18%15C%19%16C%20%17C%21%18C%23%22C%24%19C%25%20C%26%27C%28%21C%29%22C%30%23C%31%24C%32%25C%33%26C%34%27C%35%28C%36%29C%37%30C%38%31C%39%32C%40%33C%41%34C%421C21C34C52C%341C%331C62C72C%321C%311C82C92C%301C%291C%102C%112C%123C%134C%145C%156C%167C%178C%19%18C%20%21C%228C%237C%246C%255C%264C%273C%2812. The zero-order valence-corrected chi connectivity index (χ0v) is 61.1. The summed E-state index contributed by atoms with van der Waals surface area (Å²) in [5.74, 6) is 61.2. The van der Waals surface area contributed by atoms with Crippen molar-refractivity contribution in [2.24, 2.45) is 476 Å². The van der Waals surface area contributed by atoms with Gasteiger partial charge in [-0.1, -0.05) is 0 Å². The van der Waals surface area contributed by atoms with Crippen LogP contribution < -0.4 is 0 Å². The maximum absolute atomic E-state index is 1.92. The molecule has 114 heavy (non-hydrogen) atoms. The van der Waals surface area contributed by atoms with Crippen LogP contribution in [0.15, 0.2) is 0 Å². The monoisotopic (exact) mass is 1420 g/mol. The molecule has 0 amide bonds. The minimum absolute atomic E-state index is 1.11. The minimum atomic E-state index is 1.11. The quantitative estimate of drug-likeness (QED) is 0.228. The molecule has 0 aromatic rings. The third-order valence-electron chi connectivity index (χ3n) is 107. The topological polar surface area (TPSA) is 0 Å². The number of fused-ring (bicyclic) bond motifs is 38. The van der Waals surface area contributed by atoms with Gasteiger partial charge in [-0.05, 0) is 642 Å². The summed E-state index contributed by atoms with van der Waals surface area (Å²) in [4.78, 5) is 0. The van der Waals surface area contributed by atoms with Crippen molar-refractivity contribution in [2.75, 3.05) is 0 Å². The van der Waals surface area contributed by atoms with Crippen molar-refractivity contribution in [3.05, 3.63) is 141 Å². The van der Waals surface area contributed by atoms with Gasteiger partial charge in [0.2, 0.25) is 0 Å². The summed E-state index contributed by atoms with van der Waals surface area (Å²) in [6.07, 6.45) is 7.67. The van der Waals surface area contributed by atoms with E-state index in [9.17, 15) is 0 Å². The average molecular weight is 1420 g/mol. The Morgan fingerprint density at radius 3 is 0.281 bits per heavy atom. The molecule has 0 saturated heterocycles. The van der Waals surface area contributed by atoms with E-state index >= 15 is 0 Å². The lowest BCUT2D eigenvalue weighted by molar-refractivity contribution is -1.13. The zero-order valence-electron chi connectivity index (χ0n) is 61.1. The molecular weight excluding hydrogens is 1370 g/mol. The second-order valence-corrected chi connectivity index (χ2v) is 77.1. The first-order chi connectivity index (χ1) is 56.8. The molecule has 104 atom stereocenters. The Morgan fingerprint density at radius 1 is 0.0789 bits per heavy atom. The van der Waals surface area contributed by atoms with Crippen molar-refractivity contribution in [2.45, 2.75) is 25.7 Å². The lowest BCUT2D eigenvalue weighted by Crippen LogP contribution is -3.74. The van der Waals surface area contributed by atoms with E-state index in [1.165, 1.54) is 346 Å². The number of hydrogen-bond acceptors (Lipinski definition) is 0. The van der Waals surface area contributed by atoms with Crippen molar-refractivity contribution in [3.8, 4) is 0 Å². The molecule has 90 fully saturated rings. The highest BCUT2D eigenvalue weighted by molar-refractivity contribution is 6.79. The van der Waals surface area contributed by atoms with Gasteiger partial charge in [-0.3, -0.25) is 0 Å². The Bertz CT molecular complexity index is 8690. The van der Waals surface area contributed by atoms with Crippen LogP contribution in [0.1, 0.15) is 25.7 Å². The summed E-state index contributed by atoms with van der Waals surface area (Å²) in [6.45, 7) is 0. The third-order valence-corrected chi connectivity index (χ3v) is 107. The maximum Gasteiger partial charge on any atom is -0.000370 e. The third kappa shape index (κ3) is 0.652. The van der Waals surface area contributed by atoms with Gasteiger partial charge in [0.05, 0.1) is 0 Å². The van der Waals surface area contributed by atoms with Crippen LogP contribution in [0.3, 0.4) is 0 Å². The molecule has 0 nitrogen and oxygen atoms in total. The standard InChI is InChI=1S/C114H50/c1-5-13-14-6-2-10-18-22-26-30-34-39-43-46-44-40-36-32-28-24-20-12-4-8-16-15-7-3-11-19-23-27-31-35-38-42-45-41-37-33-29-25-21-17-9(1)47(5)51(13)52(14)48(6,10)56(18)60(22)64(26)68(30)72(34)76(39)81(43)84(46)82(44)78(40)74(36)70(32)66(28)62(24)58(20)50(8,12)54(16)53(15)49(7,11)57(19)61(23)65(27)69(31)73(35)77(38)80(42)83(45)79(41)75(37)71(33)67(29)63(25)59(21)55(17,47)85(51)86(52,56)90(60)89(59,85)93(63)94(64,90)98(68)97(67,93)101(71)102(72,98)106(76)105(75,101)109(79)110(81,106)114(84)112(82)108(78)104(74)100(70)96(66)92(62)88(54,58)87(53,57)91(61,92)95(65,96)99(69,100)103(73,104)107(77,108)111(80,112)113(83,109)114/h5-46H,1-4H2. The van der Waals surface area contributed by atoms with Crippen molar-refractivity contribution in [1.82, 2.24) is 0 Å². The number of hydrogen-bond donors (Lipinski definition) is 0. The summed E-state index contributed by atoms with van der Waals surface area (Å²) >= 11 is 0. The van der Waals surface area contributed by atoms with Crippen LogP contribution in [0, 0.1) is 617 Å². The molecular formula is C114H50. The van der Waals surface area contributed by atoms with Crippen LogP contribution in [0.4, 0.5) is 0 Å². The smallest absolute Gasteiger partial charge is 0.000370 e. The second-order valence-electron chi connectivity index (χ2n) is 77.1. The maximum atomic E-state index is 1.92. The van der Waals surface area contributed by atoms with Gasteiger partial charge >= 0.3 is 0 Å². The van der Waals surface area contributed by atoms with E-state index in [-0.39, 0.29) is 0 Å². The van der Waals surface area contributed by atoms with Gasteiger partial charge in [0.1, 0.15) is 0 Å². The molecule has 0 heteroatoms. The van der Waals surface area contributed by atoms with E-state index < -0.39 is 0 Å². The lowest BCUT2D eigenvalue weighted by atomic mass is 8.24. The van der Waals surface area contributed by atoms with Crippen molar-refractivity contribution in [3.63, 3.8) is 0 Å². The van der Waals surface area contributed by atoms with Crippen LogP contribution in [0.5, 0.6) is 0 Å². The Morgan fingerprint density at radius 2 is 0.158 bits per heavy atom. The zero-order chi connectivity index (χ0) is 61.1. The highest BCUT2D eigenvalue weighted by Crippen LogP contribution is 3.90. The first-order valence-electron chi connectivity index (χ1n) is 56.8. The fraction of sp³-hybridized carbons (Fsp3) is 1.00. The molecule has 104 unspecified atom stereocenters. The Hall–Kier alpha value is 0. The van der Waals surface area contributed by atoms with E-state index in [2.05, 4.69) is 0 Å². The first kappa shape index (κ1) is 35.3. The summed E-state index contributed by atoms with van der Waals surface area (Å²) in [7, 11) is 0. The van der Waals surface area contributed by atoms with Gasteiger partial charge < -0.3 is 0 Å². The molecule has 0 N–H and O–H groups in total. The molecule has 0 aromatic heterocycles. The molecule has 0 aromatic carbocycles. The van der Waals surface area contributed by atoms with E-state index in [4.69, 9.17) is 0 Å². The van der Waals surface area contributed by atoms with E-state index in [1.807, 2.05) is 25.7 Å². The van der Waals surface area contributed by atoms with Crippen LogP contribution in [-0.4, -0.2) is 0 Å². The van der Waals surface area contributed by atoms with Crippen molar-refractivity contribution < 1.29 is 0 Å². The van der Waals surface area contributed by atoms with E-state index in [1.54, 1.807) is 0 Å². The Labute approximate surface area is 637 Å². The summed E-state index contributed by atoms with van der Waals surface area (Å²) in [5, 5.41) is 0. The van der Waals surface area contributed by atoms with Crippen LogP contribution >= 0.6 is 0 Å². The molecule has 68 spiro atoms. The predicted octanol–water partition coefficient (Wildman–Crippen LogP) is 8.84. The van der Waals surface area contributed by atoms with Gasteiger partial charge in [0, 0.05) is 0 Å². The van der Waals surface area contributed by atoms with Crippen molar-refractivity contribution in [1.29, 1.82) is 0 Å². The largest absolute Gasteiger partial charge is 0.0458 e. The Kier molecular flexibility index (Phi) is 1.52. The molecule has 0 radical (unpaired) electrons. The molecule has 90 saturated carbocycles. The molecule has 0 aliphatic heterocycles. The molecule has 90 aliphatic rings. The van der Waals surface area contributed by atoms with Crippen LogP contribution in [0.2, 0.25) is 0 Å². The average Bonchev–Trinajstić information content (AvgIpc) is 0.402. The van der Waals surface area contributed by atoms with E-state index in [0.29, 0.717) is 0 Å². The fourth-order valence-corrected chi connectivity index (χ4v) is 142.